The predicted molar refractivity (Wildman–Crippen MR) is 100 cm³/mol. The van der Waals surface area contributed by atoms with E-state index in [0.717, 1.165) is 0 Å². The highest BCUT2D eigenvalue weighted by Gasteiger charge is 2.52. The normalized spacial score (nSPS) is 18.7. The van der Waals surface area contributed by atoms with E-state index in [1.165, 1.54) is 38.5 Å². The van der Waals surface area contributed by atoms with Crippen LogP contribution in [0.25, 0.3) is 0 Å². The molecule has 0 amide bonds. The Labute approximate surface area is 135 Å². The van der Waals surface area contributed by atoms with Crippen molar-refractivity contribution < 1.29 is 0 Å². The van der Waals surface area contributed by atoms with Gasteiger partial charge in [-0.1, -0.05) is 90.8 Å². The molecule has 0 radical (unpaired) electrons. The first-order valence-corrected chi connectivity index (χ1v) is 11.2. The van der Waals surface area contributed by atoms with Gasteiger partial charge in [-0.05, 0) is 35.8 Å². The maximum Gasteiger partial charge on any atom is 0.113 e. The smallest absolute Gasteiger partial charge is 0.0861 e. The Morgan fingerprint density at radius 1 is 0.714 bits per heavy atom. The Balaban J connectivity index is 3.26. The minimum atomic E-state index is -1.59. The average Bonchev–Trinajstić information content (AvgIpc) is 2.73. The fourth-order valence-corrected chi connectivity index (χ4v) is 9.79. The number of rotatable bonds is 6. The molecule has 0 unspecified atom stereocenters. The van der Waals surface area contributed by atoms with E-state index in [9.17, 15) is 0 Å². The molecular formula is C20H38Si. The van der Waals surface area contributed by atoms with E-state index in [4.69, 9.17) is 0 Å². The number of hydrogen-bond donors (Lipinski definition) is 0. The molecule has 0 saturated carbocycles. The van der Waals surface area contributed by atoms with E-state index in [2.05, 4.69) is 66.8 Å². The van der Waals surface area contributed by atoms with Gasteiger partial charge in [-0.3, -0.25) is 0 Å². The highest BCUT2D eigenvalue weighted by atomic mass is 28.3. The minimum Gasteiger partial charge on any atom is -0.0861 e. The van der Waals surface area contributed by atoms with E-state index >= 15 is 0 Å². The third-order valence-electron chi connectivity index (χ3n) is 5.30. The Morgan fingerprint density at radius 3 is 1.29 bits per heavy atom. The first kappa shape index (κ1) is 18.7. The van der Waals surface area contributed by atoms with Gasteiger partial charge in [0.15, 0.2) is 0 Å². The Morgan fingerprint density at radius 2 is 1.05 bits per heavy atom. The number of allylic oxidation sites excluding steroid dienone is 2. The van der Waals surface area contributed by atoms with Crippen molar-refractivity contribution in [2.75, 3.05) is 0 Å². The zero-order valence-electron chi connectivity index (χ0n) is 15.9. The summed E-state index contributed by atoms with van der Waals surface area (Å²) in [6.45, 7) is 19.4. The lowest BCUT2D eigenvalue weighted by Gasteiger charge is -2.47. The molecule has 0 bridgehead atoms. The maximum absolute atomic E-state index is 2.79. The van der Waals surface area contributed by atoms with Crippen molar-refractivity contribution in [3.63, 3.8) is 0 Å². The molecule has 0 aromatic carbocycles. The van der Waals surface area contributed by atoms with Crippen molar-refractivity contribution in [1.29, 1.82) is 0 Å². The Bertz CT molecular complexity index is 359. The molecule has 0 atom stereocenters. The van der Waals surface area contributed by atoms with Gasteiger partial charge in [0, 0.05) is 0 Å². The first-order chi connectivity index (χ1) is 9.59. The van der Waals surface area contributed by atoms with Gasteiger partial charge in [-0.2, -0.15) is 0 Å². The molecule has 1 heterocycles. The molecule has 0 spiro atoms. The predicted octanol–water partition coefficient (Wildman–Crippen LogP) is 7.36. The molecule has 1 aliphatic heterocycles. The Hall–Kier alpha value is -0.303. The van der Waals surface area contributed by atoms with Crippen LogP contribution < -0.4 is 0 Å². The summed E-state index contributed by atoms with van der Waals surface area (Å²) in [5, 5.41) is 0.799. The quantitative estimate of drug-likeness (QED) is 0.450. The maximum atomic E-state index is 2.79. The lowest BCUT2D eigenvalue weighted by molar-refractivity contribution is 0.634. The molecule has 0 aromatic heterocycles. The molecule has 0 nitrogen and oxygen atoms in total. The minimum absolute atomic E-state index is 0.399. The molecule has 122 valence electrons. The first-order valence-electron chi connectivity index (χ1n) is 9.03. The van der Waals surface area contributed by atoms with Crippen LogP contribution in [0.3, 0.4) is 0 Å². The van der Waals surface area contributed by atoms with Crippen LogP contribution in [0.4, 0.5) is 0 Å². The molecule has 0 aliphatic carbocycles. The van der Waals surface area contributed by atoms with Gasteiger partial charge in [-0.25, -0.2) is 0 Å². The van der Waals surface area contributed by atoms with Crippen molar-refractivity contribution in [1.82, 2.24) is 0 Å². The summed E-state index contributed by atoms with van der Waals surface area (Å²) in [6.07, 6.45) is 7.89. The van der Waals surface area contributed by atoms with Crippen LogP contribution in [0, 0.1) is 0 Å². The van der Waals surface area contributed by atoms with Crippen LogP contribution in [0.1, 0.15) is 93.9 Å². The van der Waals surface area contributed by atoms with E-state index in [0.29, 0.717) is 10.1 Å². The zero-order chi connectivity index (χ0) is 16.3. The van der Waals surface area contributed by atoms with Gasteiger partial charge in [0.2, 0.25) is 0 Å². The zero-order valence-corrected chi connectivity index (χ0v) is 16.9. The summed E-state index contributed by atoms with van der Waals surface area (Å²) in [4.78, 5) is 0. The van der Waals surface area contributed by atoms with Crippen LogP contribution in [0.15, 0.2) is 22.5 Å². The van der Waals surface area contributed by atoms with E-state index < -0.39 is 8.07 Å². The average molecular weight is 307 g/mol. The summed E-state index contributed by atoms with van der Waals surface area (Å²) in [5.41, 5.74) is 8.99. The second-order valence-electron chi connectivity index (χ2n) is 8.92. The van der Waals surface area contributed by atoms with Gasteiger partial charge < -0.3 is 0 Å². The highest BCUT2D eigenvalue weighted by Crippen LogP contribution is 2.56. The van der Waals surface area contributed by atoms with Crippen molar-refractivity contribution in [2.45, 2.75) is 104 Å². The fourth-order valence-electron chi connectivity index (χ4n) is 3.97. The van der Waals surface area contributed by atoms with Crippen LogP contribution in [0.5, 0.6) is 0 Å². The summed E-state index contributed by atoms with van der Waals surface area (Å²) < 4.78 is 0. The molecule has 1 heteroatoms. The lowest BCUT2D eigenvalue weighted by atomic mass is 9.99. The van der Waals surface area contributed by atoms with E-state index in [1.807, 2.05) is 0 Å². The third kappa shape index (κ3) is 3.91. The Kier molecular flexibility index (Phi) is 6.12. The number of unbranched alkanes of at least 4 members (excludes halogenated alkanes) is 2. The van der Waals surface area contributed by atoms with Crippen LogP contribution >= 0.6 is 0 Å². The largest absolute Gasteiger partial charge is 0.113 e. The van der Waals surface area contributed by atoms with Gasteiger partial charge in [0.25, 0.3) is 0 Å². The van der Waals surface area contributed by atoms with Gasteiger partial charge in [0.05, 0.1) is 0 Å². The summed E-state index contributed by atoms with van der Waals surface area (Å²) in [5.74, 6) is 0. The fraction of sp³-hybridized carbons (Fsp3) is 0.800. The van der Waals surface area contributed by atoms with Crippen LogP contribution in [-0.2, 0) is 0 Å². The molecule has 0 N–H and O–H groups in total. The molecule has 1 rings (SSSR count). The highest BCUT2D eigenvalue weighted by molar-refractivity contribution is 6.94. The molecule has 0 saturated heterocycles. The standard InChI is InChI=1S/C20H38Si/c1-9-11-13-17-15-21(19(3,4)5,20(6,7)8)16-18(17)14-12-10-2/h15-16H,9-14H2,1-8H3. The number of hydrogen-bond acceptors (Lipinski definition) is 0. The molecule has 0 aromatic rings. The summed E-state index contributed by atoms with van der Waals surface area (Å²) in [6, 6.07) is 0. The van der Waals surface area contributed by atoms with Crippen molar-refractivity contribution in [3.8, 4) is 0 Å². The molecule has 21 heavy (non-hydrogen) atoms. The topological polar surface area (TPSA) is 0 Å². The van der Waals surface area contributed by atoms with E-state index in [-0.39, 0.29) is 0 Å². The van der Waals surface area contributed by atoms with Crippen molar-refractivity contribution >= 4 is 8.07 Å². The van der Waals surface area contributed by atoms with Crippen molar-refractivity contribution in [3.05, 3.63) is 22.5 Å². The van der Waals surface area contributed by atoms with Crippen molar-refractivity contribution in [2.24, 2.45) is 0 Å². The molecule has 0 fully saturated rings. The van der Waals surface area contributed by atoms with Crippen LogP contribution in [-0.4, -0.2) is 8.07 Å². The second kappa shape index (κ2) is 6.85. The monoisotopic (exact) mass is 306 g/mol. The summed E-state index contributed by atoms with van der Waals surface area (Å²) in [7, 11) is -1.59. The van der Waals surface area contributed by atoms with E-state index in [1.54, 1.807) is 11.1 Å². The van der Waals surface area contributed by atoms with Gasteiger partial charge in [0.1, 0.15) is 8.07 Å². The van der Waals surface area contributed by atoms with Gasteiger partial charge in [-0.15, -0.1) is 0 Å². The van der Waals surface area contributed by atoms with Gasteiger partial charge >= 0.3 is 0 Å². The summed E-state index contributed by atoms with van der Waals surface area (Å²) >= 11 is 0. The molecule has 1 aliphatic rings. The SMILES string of the molecule is CCCCC1=C[Si](C(C)(C)C)(C(C)(C)C)C=C1CCCC. The third-order valence-corrected chi connectivity index (χ3v) is 11.9. The second-order valence-corrected chi connectivity index (χ2v) is 14.2. The van der Waals surface area contributed by atoms with Crippen LogP contribution in [0.2, 0.25) is 10.1 Å². The lowest BCUT2D eigenvalue weighted by Crippen LogP contribution is -2.48. The molecular weight excluding hydrogens is 268 g/mol.